The fourth-order valence-electron chi connectivity index (χ4n) is 3.73. The van der Waals surface area contributed by atoms with Gasteiger partial charge in [0, 0.05) is 23.8 Å². The van der Waals surface area contributed by atoms with Crippen LogP contribution in [0.4, 0.5) is 17.1 Å². The van der Waals surface area contributed by atoms with Gasteiger partial charge in [-0.05, 0) is 66.1 Å². The van der Waals surface area contributed by atoms with Crippen molar-refractivity contribution in [2.45, 2.75) is 53.4 Å². The van der Waals surface area contributed by atoms with E-state index in [1.807, 2.05) is 31.2 Å². The zero-order valence-corrected chi connectivity index (χ0v) is 19.5. The summed E-state index contributed by atoms with van der Waals surface area (Å²) in [5, 5.41) is 13.6. The number of carboxylic acid groups (broad SMARTS) is 1. The number of carboxylic acids is 1. The first-order valence-electron chi connectivity index (χ1n) is 10.8. The Morgan fingerprint density at radius 1 is 1.03 bits per heavy atom. The summed E-state index contributed by atoms with van der Waals surface area (Å²) < 4.78 is 0. The molecule has 2 N–H and O–H groups in total. The minimum absolute atomic E-state index is 0.00837. The summed E-state index contributed by atoms with van der Waals surface area (Å²) in [6.45, 7) is 12.9. The zero-order valence-electron chi connectivity index (χ0n) is 18.8. The molecule has 1 unspecified atom stereocenters. The maximum Gasteiger partial charge on any atom is 0.303 e. The summed E-state index contributed by atoms with van der Waals surface area (Å²) in [5.74, 6) is 0.287. The number of carbonyl (C=O) groups is 1. The molecule has 0 spiro atoms. The van der Waals surface area contributed by atoms with E-state index in [-0.39, 0.29) is 12.3 Å². The van der Waals surface area contributed by atoms with E-state index in [0.717, 1.165) is 42.1 Å². The lowest BCUT2D eigenvalue weighted by molar-refractivity contribution is -0.137. The third-order valence-electron chi connectivity index (χ3n) is 5.04. The van der Waals surface area contributed by atoms with Crippen molar-refractivity contribution in [3.05, 3.63) is 53.1 Å². The second kappa shape index (κ2) is 11.3. The topological polar surface area (TPSA) is 52.6 Å². The molecule has 0 saturated heterocycles. The summed E-state index contributed by atoms with van der Waals surface area (Å²) in [5.41, 5.74) is 4.15. The van der Waals surface area contributed by atoms with E-state index in [9.17, 15) is 9.90 Å². The van der Waals surface area contributed by atoms with E-state index in [0.29, 0.717) is 16.9 Å². The van der Waals surface area contributed by atoms with Crippen molar-refractivity contribution in [1.82, 2.24) is 0 Å². The number of rotatable bonds is 11. The van der Waals surface area contributed by atoms with E-state index >= 15 is 0 Å². The van der Waals surface area contributed by atoms with Crippen LogP contribution in [0.2, 0.25) is 5.02 Å². The second-order valence-electron chi connectivity index (χ2n) is 8.80. The molecule has 0 amide bonds. The molecule has 0 heterocycles. The predicted molar refractivity (Wildman–Crippen MR) is 128 cm³/mol. The van der Waals surface area contributed by atoms with Gasteiger partial charge < -0.3 is 15.3 Å². The lowest BCUT2D eigenvalue weighted by atomic mass is 9.92. The Balaban J connectivity index is 2.49. The van der Waals surface area contributed by atoms with Gasteiger partial charge in [-0.25, -0.2) is 0 Å². The molecule has 1 atom stereocenters. The average molecular weight is 431 g/mol. The van der Waals surface area contributed by atoms with Crippen LogP contribution in [-0.2, 0) is 4.79 Å². The monoisotopic (exact) mass is 430 g/mol. The lowest BCUT2D eigenvalue weighted by Crippen LogP contribution is -2.31. The standard InChI is InChI=1S/C25H35ClN2O2/c1-6-19(14-25(29)30)20-7-12-24(28(15-17(2)3)16-18(4)5)23(13-20)27-22-10-8-21(26)9-11-22/h7-13,17-19,27H,6,14-16H2,1-5H3,(H,29,30). The van der Waals surface area contributed by atoms with Crippen LogP contribution in [0.1, 0.15) is 58.9 Å². The van der Waals surface area contributed by atoms with Gasteiger partial charge in [0.25, 0.3) is 0 Å². The number of halogens is 1. The van der Waals surface area contributed by atoms with E-state index in [1.54, 1.807) is 0 Å². The number of aliphatic carboxylic acids is 1. The number of nitrogens with zero attached hydrogens (tertiary/aromatic N) is 1. The van der Waals surface area contributed by atoms with Crippen molar-refractivity contribution in [3.8, 4) is 0 Å². The van der Waals surface area contributed by atoms with Crippen LogP contribution in [0.15, 0.2) is 42.5 Å². The van der Waals surface area contributed by atoms with E-state index in [2.05, 4.69) is 56.1 Å². The molecule has 0 bridgehead atoms. The van der Waals surface area contributed by atoms with Crippen LogP contribution < -0.4 is 10.2 Å². The van der Waals surface area contributed by atoms with Gasteiger partial charge in [0.1, 0.15) is 0 Å². The Hall–Kier alpha value is -2.20. The van der Waals surface area contributed by atoms with Crippen LogP contribution in [0.3, 0.4) is 0 Å². The molecule has 0 aliphatic heterocycles. The Labute approximate surface area is 186 Å². The normalized spacial score (nSPS) is 12.3. The summed E-state index contributed by atoms with van der Waals surface area (Å²) in [6.07, 6.45) is 0.922. The van der Waals surface area contributed by atoms with E-state index in [1.165, 1.54) is 0 Å². The number of benzene rings is 2. The highest BCUT2D eigenvalue weighted by Gasteiger charge is 2.19. The minimum Gasteiger partial charge on any atom is -0.481 e. The van der Waals surface area contributed by atoms with Gasteiger partial charge in [0.15, 0.2) is 0 Å². The van der Waals surface area contributed by atoms with Crippen molar-refractivity contribution >= 4 is 34.6 Å². The largest absolute Gasteiger partial charge is 0.481 e. The van der Waals surface area contributed by atoms with Crippen LogP contribution in [0, 0.1) is 11.8 Å². The van der Waals surface area contributed by atoms with Gasteiger partial charge in [-0.1, -0.05) is 52.3 Å². The minimum atomic E-state index is -0.764. The van der Waals surface area contributed by atoms with Gasteiger partial charge in [-0.15, -0.1) is 0 Å². The van der Waals surface area contributed by atoms with Gasteiger partial charge in [-0.2, -0.15) is 0 Å². The molecule has 2 aromatic carbocycles. The van der Waals surface area contributed by atoms with Gasteiger partial charge in [0.2, 0.25) is 0 Å². The molecule has 0 aliphatic rings. The number of anilines is 3. The maximum atomic E-state index is 11.3. The molecule has 0 radical (unpaired) electrons. The fourth-order valence-corrected chi connectivity index (χ4v) is 3.86. The van der Waals surface area contributed by atoms with Gasteiger partial charge >= 0.3 is 5.97 Å². The first-order chi connectivity index (χ1) is 14.2. The number of nitrogens with one attached hydrogen (secondary N) is 1. The summed E-state index contributed by atoms with van der Waals surface area (Å²) in [7, 11) is 0. The van der Waals surface area contributed by atoms with Crippen molar-refractivity contribution < 1.29 is 9.90 Å². The third-order valence-corrected chi connectivity index (χ3v) is 5.29. The molecule has 4 nitrogen and oxygen atoms in total. The molecule has 5 heteroatoms. The van der Waals surface area contributed by atoms with E-state index < -0.39 is 5.97 Å². The van der Waals surface area contributed by atoms with Crippen molar-refractivity contribution in [2.75, 3.05) is 23.3 Å². The molecular weight excluding hydrogens is 396 g/mol. The highest BCUT2D eigenvalue weighted by atomic mass is 35.5. The Morgan fingerprint density at radius 2 is 1.63 bits per heavy atom. The van der Waals surface area contributed by atoms with Crippen molar-refractivity contribution in [3.63, 3.8) is 0 Å². The molecule has 2 aromatic rings. The molecule has 30 heavy (non-hydrogen) atoms. The Bertz CT molecular complexity index is 808. The SMILES string of the molecule is CCC(CC(=O)O)c1ccc(N(CC(C)C)CC(C)C)c(Nc2ccc(Cl)cc2)c1. The summed E-state index contributed by atoms with van der Waals surface area (Å²) in [4.78, 5) is 13.8. The molecule has 0 fully saturated rings. The molecule has 2 rings (SSSR count). The quantitative estimate of drug-likeness (QED) is 0.396. The van der Waals surface area contributed by atoms with Gasteiger partial charge in [0.05, 0.1) is 17.8 Å². The van der Waals surface area contributed by atoms with Crippen LogP contribution >= 0.6 is 11.6 Å². The smallest absolute Gasteiger partial charge is 0.303 e. The van der Waals surface area contributed by atoms with Crippen LogP contribution in [-0.4, -0.2) is 24.2 Å². The highest BCUT2D eigenvalue weighted by molar-refractivity contribution is 6.30. The Kier molecular flexibility index (Phi) is 9.04. The zero-order chi connectivity index (χ0) is 22.3. The maximum absolute atomic E-state index is 11.3. The third kappa shape index (κ3) is 7.24. The highest BCUT2D eigenvalue weighted by Crippen LogP contribution is 2.35. The van der Waals surface area contributed by atoms with Crippen LogP contribution in [0.25, 0.3) is 0 Å². The summed E-state index contributed by atoms with van der Waals surface area (Å²) in [6, 6.07) is 14.0. The van der Waals surface area contributed by atoms with Crippen molar-refractivity contribution in [1.29, 1.82) is 0 Å². The fraction of sp³-hybridized carbons (Fsp3) is 0.480. The molecule has 164 valence electrons. The lowest BCUT2D eigenvalue weighted by Gasteiger charge is -2.31. The van der Waals surface area contributed by atoms with Gasteiger partial charge in [-0.3, -0.25) is 4.79 Å². The number of hydrogen-bond donors (Lipinski definition) is 2. The first-order valence-corrected chi connectivity index (χ1v) is 11.2. The summed E-state index contributed by atoms with van der Waals surface area (Å²) >= 11 is 6.05. The average Bonchev–Trinajstić information content (AvgIpc) is 2.66. The van der Waals surface area contributed by atoms with Crippen molar-refractivity contribution in [2.24, 2.45) is 11.8 Å². The number of hydrogen-bond acceptors (Lipinski definition) is 3. The molecule has 0 aliphatic carbocycles. The van der Waals surface area contributed by atoms with Crippen LogP contribution in [0.5, 0.6) is 0 Å². The second-order valence-corrected chi connectivity index (χ2v) is 9.24. The van der Waals surface area contributed by atoms with E-state index in [4.69, 9.17) is 11.6 Å². The Morgan fingerprint density at radius 3 is 2.13 bits per heavy atom. The molecular formula is C25H35ClN2O2. The first kappa shape index (κ1) is 24.1. The predicted octanol–water partition coefficient (Wildman–Crippen LogP) is 7.17. The molecule has 0 saturated carbocycles. The molecule has 0 aromatic heterocycles.